The van der Waals surface area contributed by atoms with Gasteiger partial charge in [-0.3, -0.25) is 9.59 Å². The van der Waals surface area contributed by atoms with Crippen LogP contribution in [0.25, 0.3) is 11.0 Å². The Kier molecular flexibility index (Phi) is 6.84. The molecule has 3 aromatic rings. The SMILES string of the molecule is Cc1nc2ccc(C(=O)NCC3(c4ccccc4)CCN(C)CC3)cc2[nH]1.O=CO. The molecule has 30 heavy (non-hydrogen) atoms. The first-order chi connectivity index (χ1) is 14.5. The molecule has 1 aliphatic heterocycles. The van der Waals surface area contributed by atoms with Crippen molar-refractivity contribution in [3.63, 3.8) is 0 Å². The predicted molar refractivity (Wildman–Crippen MR) is 117 cm³/mol. The molecule has 1 saturated heterocycles. The van der Waals surface area contributed by atoms with Crippen LogP contribution in [-0.4, -0.2) is 59.0 Å². The Balaban J connectivity index is 0.000000806. The predicted octanol–water partition coefficient (Wildman–Crippen LogP) is 2.97. The minimum absolute atomic E-state index is 0.00188. The standard InChI is InChI=1S/C22H26N4O.CH2O2/c1-16-24-19-9-8-17(14-20(19)25-16)21(27)23-15-22(10-12-26(2)13-11-22)18-6-4-3-5-7-18;2-1-3/h3-9,14H,10-13,15H2,1-2H3,(H,23,27)(H,24,25);1H,(H,2,3). The van der Waals surface area contributed by atoms with E-state index in [0.717, 1.165) is 42.8 Å². The molecule has 4 rings (SSSR count). The van der Waals surface area contributed by atoms with E-state index in [4.69, 9.17) is 9.90 Å². The summed E-state index contributed by atoms with van der Waals surface area (Å²) in [5.41, 5.74) is 3.77. The zero-order chi connectivity index (χ0) is 21.6. The zero-order valence-corrected chi connectivity index (χ0v) is 17.4. The van der Waals surface area contributed by atoms with Crippen LogP contribution in [0, 0.1) is 6.92 Å². The largest absolute Gasteiger partial charge is 0.483 e. The number of H-pyrrole nitrogens is 1. The summed E-state index contributed by atoms with van der Waals surface area (Å²) < 4.78 is 0. The number of carbonyl (C=O) groups excluding carboxylic acids is 1. The molecule has 1 fully saturated rings. The first-order valence-electron chi connectivity index (χ1n) is 10.0. The number of aromatic nitrogens is 2. The van der Waals surface area contributed by atoms with Gasteiger partial charge in [-0.2, -0.15) is 0 Å². The molecule has 2 aromatic carbocycles. The van der Waals surface area contributed by atoms with Crippen LogP contribution in [0.3, 0.4) is 0 Å². The molecule has 3 N–H and O–H groups in total. The second kappa shape index (κ2) is 9.54. The summed E-state index contributed by atoms with van der Waals surface area (Å²) in [7, 11) is 2.16. The quantitative estimate of drug-likeness (QED) is 0.577. The number of piperidine rings is 1. The van der Waals surface area contributed by atoms with E-state index in [-0.39, 0.29) is 17.8 Å². The second-order valence-electron chi connectivity index (χ2n) is 7.79. The highest BCUT2D eigenvalue weighted by molar-refractivity contribution is 5.97. The number of hydrogen-bond acceptors (Lipinski definition) is 4. The number of amides is 1. The summed E-state index contributed by atoms with van der Waals surface area (Å²) >= 11 is 0. The summed E-state index contributed by atoms with van der Waals surface area (Å²) in [5.74, 6) is 0.829. The molecular formula is C23H28N4O3. The van der Waals surface area contributed by atoms with E-state index in [1.807, 2.05) is 31.2 Å². The molecule has 0 atom stereocenters. The number of hydrogen-bond donors (Lipinski definition) is 3. The third-order valence-electron chi connectivity index (χ3n) is 5.78. The molecule has 1 aromatic heterocycles. The van der Waals surface area contributed by atoms with Gasteiger partial charge < -0.3 is 20.3 Å². The highest BCUT2D eigenvalue weighted by atomic mass is 16.3. The lowest BCUT2D eigenvalue weighted by Crippen LogP contribution is -2.48. The molecule has 0 aliphatic carbocycles. The topological polar surface area (TPSA) is 98.3 Å². The van der Waals surface area contributed by atoms with E-state index in [0.29, 0.717) is 12.1 Å². The Labute approximate surface area is 176 Å². The fourth-order valence-corrected chi connectivity index (χ4v) is 4.04. The average Bonchev–Trinajstić information content (AvgIpc) is 3.14. The highest BCUT2D eigenvalue weighted by Gasteiger charge is 2.35. The monoisotopic (exact) mass is 408 g/mol. The second-order valence-corrected chi connectivity index (χ2v) is 7.79. The Bertz CT molecular complexity index is 992. The van der Waals surface area contributed by atoms with Gasteiger partial charge in [0.25, 0.3) is 12.4 Å². The lowest BCUT2D eigenvalue weighted by molar-refractivity contribution is -0.122. The van der Waals surface area contributed by atoms with E-state index in [9.17, 15) is 4.79 Å². The van der Waals surface area contributed by atoms with Crippen LogP contribution in [-0.2, 0) is 10.2 Å². The summed E-state index contributed by atoms with van der Waals surface area (Å²) in [6.07, 6.45) is 2.10. The summed E-state index contributed by atoms with van der Waals surface area (Å²) in [6.45, 7) is 4.42. The van der Waals surface area contributed by atoms with Gasteiger partial charge in [0.05, 0.1) is 11.0 Å². The number of benzene rings is 2. The number of likely N-dealkylation sites (tertiary alicyclic amines) is 1. The van der Waals surface area contributed by atoms with Gasteiger partial charge in [0, 0.05) is 17.5 Å². The van der Waals surface area contributed by atoms with Crippen LogP contribution in [0.4, 0.5) is 0 Å². The molecule has 0 radical (unpaired) electrons. The third kappa shape index (κ3) is 4.86. The van der Waals surface area contributed by atoms with Crippen molar-refractivity contribution < 1.29 is 14.7 Å². The number of aryl methyl sites for hydroxylation is 1. The van der Waals surface area contributed by atoms with Gasteiger partial charge in [0.1, 0.15) is 5.82 Å². The van der Waals surface area contributed by atoms with Gasteiger partial charge in [0.15, 0.2) is 0 Å². The maximum atomic E-state index is 12.8. The minimum atomic E-state index is -0.250. The van der Waals surface area contributed by atoms with Crippen molar-refractivity contribution >= 4 is 23.4 Å². The van der Waals surface area contributed by atoms with Crippen LogP contribution in [0.5, 0.6) is 0 Å². The number of imidazole rings is 1. The van der Waals surface area contributed by atoms with Crippen LogP contribution < -0.4 is 5.32 Å². The van der Waals surface area contributed by atoms with Crippen molar-refractivity contribution in [2.75, 3.05) is 26.7 Å². The van der Waals surface area contributed by atoms with Crippen LogP contribution >= 0.6 is 0 Å². The van der Waals surface area contributed by atoms with E-state index < -0.39 is 0 Å². The number of carboxylic acid groups (broad SMARTS) is 1. The molecule has 7 nitrogen and oxygen atoms in total. The van der Waals surface area contributed by atoms with Crippen molar-refractivity contribution in [1.29, 1.82) is 0 Å². The molecule has 158 valence electrons. The third-order valence-corrected chi connectivity index (χ3v) is 5.78. The number of nitrogens with one attached hydrogen (secondary N) is 2. The van der Waals surface area contributed by atoms with Gasteiger partial charge in [-0.25, -0.2) is 4.98 Å². The van der Waals surface area contributed by atoms with Gasteiger partial charge in [-0.05, 0) is 63.7 Å². The van der Waals surface area contributed by atoms with Crippen molar-refractivity contribution in [3.8, 4) is 0 Å². The van der Waals surface area contributed by atoms with Crippen molar-refractivity contribution in [2.24, 2.45) is 0 Å². The maximum Gasteiger partial charge on any atom is 0.290 e. The van der Waals surface area contributed by atoms with Crippen molar-refractivity contribution in [2.45, 2.75) is 25.2 Å². The number of aromatic amines is 1. The first kappa shape index (κ1) is 21.5. The van der Waals surface area contributed by atoms with E-state index in [2.05, 4.69) is 51.5 Å². The van der Waals surface area contributed by atoms with Gasteiger partial charge >= 0.3 is 0 Å². The molecule has 0 saturated carbocycles. The fraction of sp³-hybridized carbons (Fsp3) is 0.348. The smallest absolute Gasteiger partial charge is 0.290 e. The Morgan fingerprint density at radius 1 is 1.23 bits per heavy atom. The summed E-state index contributed by atoms with van der Waals surface area (Å²) in [6, 6.07) is 16.2. The molecule has 0 unspecified atom stereocenters. The zero-order valence-electron chi connectivity index (χ0n) is 17.4. The molecule has 1 amide bonds. The van der Waals surface area contributed by atoms with Crippen molar-refractivity contribution in [1.82, 2.24) is 20.2 Å². The molecule has 0 spiro atoms. The number of rotatable bonds is 4. The van der Waals surface area contributed by atoms with E-state index in [1.54, 1.807) is 0 Å². The first-order valence-corrected chi connectivity index (χ1v) is 10.0. The lowest BCUT2D eigenvalue weighted by atomic mass is 9.72. The molecule has 1 aliphatic rings. The minimum Gasteiger partial charge on any atom is -0.483 e. The summed E-state index contributed by atoms with van der Waals surface area (Å²) in [5, 5.41) is 10.1. The molecule has 7 heteroatoms. The number of fused-ring (bicyclic) bond motifs is 1. The lowest BCUT2D eigenvalue weighted by Gasteiger charge is -2.41. The summed E-state index contributed by atoms with van der Waals surface area (Å²) in [4.78, 5) is 31.1. The molecule has 0 bridgehead atoms. The number of nitrogens with zero attached hydrogens (tertiary/aromatic N) is 2. The Morgan fingerprint density at radius 3 is 2.57 bits per heavy atom. The van der Waals surface area contributed by atoms with Crippen LogP contribution in [0.2, 0.25) is 0 Å². The maximum absolute atomic E-state index is 12.8. The average molecular weight is 409 g/mol. The molecule has 2 heterocycles. The van der Waals surface area contributed by atoms with Crippen LogP contribution in [0.15, 0.2) is 48.5 Å². The Hall–Kier alpha value is -3.19. The molecular weight excluding hydrogens is 380 g/mol. The van der Waals surface area contributed by atoms with Gasteiger partial charge in [0.2, 0.25) is 0 Å². The number of carbonyl (C=O) groups is 2. The van der Waals surface area contributed by atoms with E-state index >= 15 is 0 Å². The fourth-order valence-electron chi connectivity index (χ4n) is 4.04. The normalized spacial score (nSPS) is 15.8. The van der Waals surface area contributed by atoms with Gasteiger partial charge in [-0.1, -0.05) is 30.3 Å². The van der Waals surface area contributed by atoms with Crippen molar-refractivity contribution in [3.05, 3.63) is 65.5 Å². The Morgan fingerprint density at radius 2 is 1.90 bits per heavy atom. The van der Waals surface area contributed by atoms with Crippen LogP contribution in [0.1, 0.15) is 34.6 Å². The highest BCUT2D eigenvalue weighted by Crippen LogP contribution is 2.34. The van der Waals surface area contributed by atoms with Gasteiger partial charge in [-0.15, -0.1) is 0 Å². The van der Waals surface area contributed by atoms with E-state index in [1.165, 1.54) is 5.56 Å².